The van der Waals surface area contributed by atoms with E-state index < -0.39 is 8.07 Å². The quantitative estimate of drug-likeness (QED) is 0.0227. The van der Waals surface area contributed by atoms with Crippen LogP contribution in [0.25, 0.3) is 0 Å². The Morgan fingerprint density at radius 3 is 0.685 bits per heavy atom. The Hall–Kier alpha value is -7.40. The number of Topliss-reactive ketones (excluding diaryl/α,β-unsaturated/α-hetero) is 4. The Morgan fingerprint density at radius 2 is 0.493 bits per heavy atom. The Bertz CT molecular complexity index is 2780. The van der Waals surface area contributed by atoms with E-state index in [1.807, 2.05) is 48.5 Å². The summed E-state index contributed by atoms with van der Waals surface area (Å²) in [5, 5.41) is 38.3. The van der Waals surface area contributed by atoms with Crippen molar-refractivity contribution in [3.05, 3.63) is 239 Å². The summed E-state index contributed by atoms with van der Waals surface area (Å²) in [5.74, 6) is -1.07. The van der Waals surface area contributed by atoms with E-state index in [1.54, 1.807) is 146 Å². The number of hydrogen-bond donors (Lipinski definition) is 4. The highest BCUT2D eigenvalue weighted by Crippen LogP contribution is 2.22. The van der Waals surface area contributed by atoms with Crippen LogP contribution in [0, 0.1) is 0 Å². The highest BCUT2D eigenvalue weighted by atomic mass is 28.3. The molecule has 356 valence electrons. The van der Waals surface area contributed by atoms with E-state index >= 15 is 19.2 Å². The fraction of sp³-hybridized carbons (Fsp3) is 0.0714. The number of hydrogen-bond acceptors (Lipinski definition) is 12. The van der Waals surface area contributed by atoms with E-state index in [-0.39, 0.29) is 48.8 Å². The van der Waals surface area contributed by atoms with Gasteiger partial charge in [-0.05, 0) is 43.0 Å². The van der Waals surface area contributed by atoms with Gasteiger partial charge in [0.2, 0.25) is 0 Å². The van der Waals surface area contributed by atoms with Crippen LogP contribution in [0.2, 0.25) is 0 Å². The van der Waals surface area contributed by atoms with Crippen molar-refractivity contribution in [2.45, 2.75) is 25.7 Å². The molecule has 0 aliphatic rings. The van der Waals surface area contributed by atoms with Gasteiger partial charge < -0.3 is 19.2 Å². The number of benzene rings is 8. The lowest BCUT2D eigenvalue weighted by Crippen LogP contribution is -2.78. The summed E-state index contributed by atoms with van der Waals surface area (Å²) < 4.78 is 0. The van der Waals surface area contributed by atoms with Crippen LogP contribution < -0.4 is 42.6 Å². The van der Waals surface area contributed by atoms with Gasteiger partial charge in [-0.1, -0.05) is 216 Å². The first kappa shape index (κ1) is 51.9. The fourth-order valence-corrected chi connectivity index (χ4v) is 14.9. The molecule has 4 radical (unpaired) electrons. The largest absolute Gasteiger partial charge is 0.381 e. The summed E-state index contributed by atoms with van der Waals surface area (Å²) in [4.78, 5) is 77.9. The highest BCUT2D eigenvalue weighted by molar-refractivity contribution is 7.21. The zero-order valence-electron chi connectivity index (χ0n) is 39.2. The molecule has 0 unspecified atom stereocenters. The first-order valence-corrected chi connectivity index (χ1v) is 25.1. The Kier molecular flexibility index (Phi) is 17.7. The molecule has 0 saturated carbocycles. The molecular formula is C56H44B4O12Si. The monoisotopic (exact) mass is 980 g/mol. The van der Waals surface area contributed by atoms with Gasteiger partial charge in [0.25, 0.3) is 0 Å². The standard InChI is InChI=1S/C56H44B4O12Si/c61-49(33-37-17-25-41(26-18-37)57-69-65)45-9-1-5-13-53(45)73(54-14-6-2-10-46(54)50(62)34-38-19-27-42(28-20-38)58-70-66,55-15-7-3-11-47(55)51(63)35-39-21-29-43(30-22-39)59-71-67)56-16-8-4-12-48(56)52(64)36-40-23-31-44(32-24-40)60-72-68/h1-32,65-68H,33-36H2. The maximum Gasteiger partial charge on any atom is 0.381 e. The lowest BCUT2D eigenvalue weighted by atomic mass is 9.87. The van der Waals surface area contributed by atoms with Crippen LogP contribution in [0.1, 0.15) is 63.7 Å². The van der Waals surface area contributed by atoms with Gasteiger partial charge in [0, 0.05) is 47.9 Å². The summed E-state index contributed by atoms with van der Waals surface area (Å²) in [6.45, 7) is 0. The lowest BCUT2D eigenvalue weighted by Gasteiger charge is -2.39. The van der Waals surface area contributed by atoms with E-state index in [2.05, 4.69) is 19.2 Å². The molecule has 8 aromatic carbocycles. The minimum atomic E-state index is -4.36. The average molecular weight is 980 g/mol. The summed E-state index contributed by atoms with van der Waals surface area (Å²) in [6.07, 6.45) is -0.215. The molecule has 4 N–H and O–H groups in total. The smallest absolute Gasteiger partial charge is 0.307 e. The second-order valence-electron chi connectivity index (χ2n) is 17.2. The predicted octanol–water partition coefficient (Wildman–Crippen LogP) is 3.70. The minimum absolute atomic E-state index is 0.0538. The van der Waals surface area contributed by atoms with Crippen LogP contribution in [0.4, 0.5) is 0 Å². The van der Waals surface area contributed by atoms with Gasteiger partial charge in [0.05, 0.1) is 0 Å². The summed E-state index contributed by atoms with van der Waals surface area (Å²) in [5.41, 5.74) is 6.26. The van der Waals surface area contributed by atoms with Gasteiger partial charge >= 0.3 is 29.9 Å². The Morgan fingerprint density at radius 1 is 0.301 bits per heavy atom. The van der Waals surface area contributed by atoms with Crippen molar-refractivity contribution in [1.82, 2.24) is 0 Å². The molecule has 0 saturated heterocycles. The van der Waals surface area contributed by atoms with Crippen molar-refractivity contribution in [1.29, 1.82) is 0 Å². The van der Waals surface area contributed by atoms with Crippen molar-refractivity contribution in [3.63, 3.8) is 0 Å². The molecule has 0 aromatic heterocycles. The van der Waals surface area contributed by atoms with Gasteiger partial charge in [0.15, 0.2) is 31.2 Å². The van der Waals surface area contributed by atoms with Gasteiger partial charge in [-0.2, -0.15) is 0 Å². The molecule has 0 aliphatic carbocycles. The number of carbonyl (C=O) groups excluding carboxylic acids is 4. The zero-order chi connectivity index (χ0) is 51.2. The Labute approximate surface area is 425 Å². The van der Waals surface area contributed by atoms with Crippen LogP contribution >= 0.6 is 0 Å². The maximum atomic E-state index is 15.3. The molecule has 0 fully saturated rings. The van der Waals surface area contributed by atoms with E-state index in [9.17, 15) is 0 Å². The molecule has 0 heterocycles. The zero-order valence-corrected chi connectivity index (χ0v) is 40.2. The van der Waals surface area contributed by atoms with Crippen molar-refractivity contribution in [2.75, 3.05) is 0 Å². The molecule has 0 amide bonds. The topological polar surface area (TPSA) is 186 Å². The lowest BCUT2D eigenvalue weighted by molar-refractivity contribution is -0.135. The molecule has 17 heteroatoms. The van der Waals surface area contributed by atoms with Crippen LogP contribution in [0.5, 0.6) is 0 Å². The summed E-state index contributed by atoms with van der Waals surface area (Å²) in [7, 11) is 0.297. The van der Waals surface area contributed by atoms with Crippen molar-refractivity contribution in [3.8, 4) is 0 Å². The van der Waals surface area contributed by atoms with Gasteiger partial charge in [-0.15, -0.1) is 0 Å². The number of ketones is 4. The molecule has 8 rings (SSSR count). The highest BCUT2D eigenvalue weighted by Gasteiger charge is 2.49. The molecule has 12 nitrogen and oxygen atoms in total. The van der Waals surface area contributed by atoms with Gasteiger partial charge in [0.1, 0.15) is 0 Å². The van der Waals surface area contributed by atoms with Crippen molar-refractivity contribution < 1.29 is 59.4 Å². The number of carbonyl (C=O) groups is 4. The van der Waals surface area contributed by atoms with E-state index in [1.165, 1.54) is 0 Å². The second-order valence-corrected chi connectivity index (χ2v) is 20.8. The molecule has 0 spiro atoms. The average Bonchev–Trinajstić information content (AvgIpc) is 3.42. The maximum absolute atomic E-state index is 15.3. The fourth-order valence-electron chi connectivity index (χ4n) is 9.31. The minimum Gasteiger partial charge on any atom is -0.307 e. The summed E-state index contributed by atoms with van der Waals surface area (Å²) in [6, 6.07) is 56.6. The molecule has 0 bridgehead atoms. The van der Waals surface area contributed by atoms with Crippen LogP contribution in [-0.2, 0) is 44.9 Å². The van der Waals surface area contributed by atoms with Crippen LogP contribution in [-0.4, -0.2) is 82.2 Å². The molecule has 8 aromatic rings. The van der Waals surface area contributed by atoms with E-state index in [0.717, 1.165) is 29.9 Å². The van der Waals surface area contributed by atoms with Crippen LogP contribution in [0.3, 0.4) is 0 Å². The third kappa shape index (κ3) is 12.1. The predicted molar refractivity (Wildman–Crippen MR) is 284 cm³/mol. The summed E-state index contributed by atoms with van der Waals surface area (Å²) >= 11 is 0. The molecule has 0 aliphatic heterocycles. The first-order chi connectivity index (χ1) is 35.7. The molecule has 73 heavy (non-hydrogen) atoms. The third-order valence-electron chi connectivity index (χ3n) is 12.7. The van der Waals surface area contributed by atoms with Crippen molar-refractivity contribution in [2.24, 2.45) is 0 Å². The normalized spacial score (nSPS) is 11.1. The van der Waals surface area contributed by atoms with Gasteiger partial charge in [-0.3, -0.25) is 40.2 Å². The SMILES string of the molecule is O=C(Cc1ccc([B]OO)cc1)c1ccccc1[Si](c1ccccc1C(=O)Cc1ccc([B]OO)cc1)(c1ccccc1C(=O)Cc1ccc([B]OO)cc1)c1ccccc1C(=O)Cc1ccc([B]OO)cc1. The number of rotatable bonds is 24. The van der Waals surface area contributed by atoms with E-state index in [0.29, 0.717) is 87.1 Å². The second kappa shape index (κ2) is 24.8. The van der Waals surface area contributed by atoms with Crippen molar-refractivity contribution >= 4 is 104 Å². The first-order valence-electron chi connectivity index (χ1n) is 23.1. The molecule has 0 atom stereocenters. The van der Waals surface area contributed by atoms with Gasteiger partial charge in [-0.25, -0.2) is 0 Å². The third-order valence-corrected chi connectivity index (χ3v) is 17.6. The van der Waals surface area contributed by atoms with E-state index in [4.69, 9.17) is 21.0 Å². The Balaban J connectivity index is 1.41. The van der Waals surface area contributed by atoms with Crippen LogP contribution in [0.15, 0.2) is 194 Å². The molecular weight excluding hydrogens is 936 g/mol.